The monoisotopic (exact) mass is 375 g/mol. The van der Waals surface area contributed by atoms with Crippen LogP contribution in [0.4, 0.5) is 10.1 Å². The van der Waals surface area contributed by atoms with E-state index in [1.807, 2.05) is 25.7 Å². The van der Waals surface area contributed by atoms with Gasteiger partial charge in [0.1, 0.15) is 11.4 Å². The maximum atomic E-state index is 13.6. The molecule has 26 heavy (non-hydrogen) atoms. The minimum absolute atomic E-state index is 0.0892. The molecule has 0 spiro atoms. The summed E-state index contributed by atoms with van der Waals surface area (Å²) in [6, 6.07) is 4.72. The summed E-state index contributed by atoms with van der Waals surface area (Å²) < 4.78 is 13.6. The first-order valence-corrected chi connectivity index (χ1v) is 9.26. The summed E-state index contributed by atoms with van der Waals surface area (Å²) in [5.41, 5.74) is 1.80. The second-order valence-corrected chi connectivity index (χ2v) is 6.86. The topological polar surface area (TPSA) is 43.9 Å². The Morgan fingerprint density at radius 2 is 1.81 bits per heavy atom. The van der Waals surface area contributed by atoms with Gasteiger partial charge in [0.25, 0.3) is 11.8 Å². The van der Waals surface area contributed by atoms with E-state index in [-0.39, 0.29) is 34.4 Å². The first kappa shape index (κ1) is 18.5. The summed E-state index contributed by atoms with van der Waals surface area (Å²) in [4.78, 5) is 30.4. The number of nitrogens with zero attached hydrogens (tertiary/aromatic N) is 3. The zero-order valence-electron chi connectivity index (χ0n) is 15.2. The highest BCUT2D eigenvalue weighted by atomic mass is 32.1. The predicted molar refractivity (Wildman–Crippen MR) is 102 cm³/mol. The number of carbonyl (C=O) groups excluding carboxylic acids is 2. The van der Waals surface area contributed by atoms with E-state index in [0.717, 1.165) is 24.1 Å². The number of halogens is 1. The Balaban J connectivity index is 2.06. The van der Waals surface area contributed by atoms with Gasteiger partial charge in [-0.25, -0.2) is 4.39 Å². The zero-order chi connectivity index (χ0) is 19.0. The van der Waals surface area contributed by atoms with E-state index < -0.39 is 0 Å². The number of carbonyl (C=O) groups is 2. The highest BCUT2D eigenvalue weighted by Gasteiger charge is 2.39. The molecule has 1 fully saturated rings. The standard InChI is InChI=1S/C19H22FN3O2S/c1-4-21-17(24)15(18(25)22(5-2)19(21)26)11-23-12(3)6-7-13-10-14(20)8-9-16(13)23/h8-12H,4-7H2,1-3H3. The van der Waals surface area contributed by atoms with E-state index in [9.17, 15) is 14.0 Å². The molecule has 1 aromatic rings. The van der Waals surface area contributed by atoms with E-state index in [4.69, 9.17) is 12.2 Å². The van der Waals surface area contributed by atoms with Crippen molar-refractivity contribution in [1.29, 1.82) is 0 Å². The summed E-state index contributed by atoms with van der Waals surface area (Å²) >= 11 is 5.29. The van der Waals surface area contributed by atoms with E-state index in [2.05, 4.69) is 0 Å². The molecule has 0 radical (unpaired) electrons. The fraction of sp³-hybridized carbons (Fsp3) is 0.421. The predicted octanol–water partition coefficient (Wildman–Crippen LogP) is 2.85. The van der Waals surface area contributed by atoms with Gasteiger partial charge in [-0.15, -0.1) is 0 Å². The number of likely N-dealkylation sites (N-methyl/N-ethyl adjacent to an activating group) is 2. The van der Waals surface area contributed by atoms with Gasteiger partial charge in [0.05, 0.1) is 0 Å². The molecule has 2 amide bonds. The molecule has 0 aliphatic carbocycles. The molecule has 1 aromatic carbocycles. The Labute approximate surface area is 158 Å². The van der Waals surface area contributed by atoms with Crippen molar-refractivity contribution < 1.29 is 14.0 Å². The van der Waals surface area contributed by atoms with Crippen LogP contribution in [0.25, 0.3) is 0 Å². The first-order valence-electron chi connectivity index (χ1n) is 8.85. The Bertz CT molecular complexity index is 780. The molecule has 0 saturated carbocycles. The van der Waals surface area contributed by atoms with Crippen LogP contribution in [0.3, 0.4) is 0 Å². The maximum absolute atomic E-state index is 13.6. The number of fused-ring (bicyclic) bond motifs is 1. The Kier molecular flexibility index (Phi) is 5.09. The van der Waals surface area contributed by atoms with Crippen LogP contribution in [0.15, 0.2) is 30.0 Å². The van der Waals surface area contributed by atoms with Gasteiger partial charge in [0.15, 0.2) is 5.11 Å². The molecule has 1 atom stereocenters. The van der Waals surface area contributed by atoms with Crippen molar-refractivity contribution in [2.45, 2.75) is 39.7 Å². The minimum atomic E-state index is -0.381. The zero-order valence-corrected chi connectivity index (χ0v) is 16.0. The lowest BCUT2D eigenvalue weighted by molar-refractivity contribution is -0.133. The number of benzene rings is 1. The van der Waals surface area contributed by atoms with Gasteiger partial charge in [-0.1, -0.05) is 0 Å². The molecule has 1 unspecified atom stereocenters. The lowest BCUT2D eigenvalue weighted by Crippen LogP contribution is -2.56. The summed E-state index contributed by atoms with van der Waals surface area (Å²) in [6.07, 6.45) is 3.19. The third-order valence-electron chi connectivity index (χ3n) is 4.94. The summed E-state index contributed by atoms with van der Waals surface area (Å²) in [5, 5.41) is 0.247. The summed E-state index contributed by atoms with van der Waals surface area (Å²) in [7, 11) is 0. The van der Waals surface area contributed by atoms with Crippen molar-refractivity contribution in [3.8, 4) is 0 Å². The van der Waals surface area contributed by atoms with Gasteiger partial charge in [-0.3, -0.25) is 19.4 Å². The molecule has 0 aromatic heterocycles. The molecule has 138 valence electrons. The SMILES string of the molecule is CCN1C(=O)C(=CN2c3ccc(F)cc3CCC2C)C(=O)N(CC)C1=S. The number of rotatable bonds is 3. The molecule has 7 heteroatoms. The maximum Gasteiger partial charge on any atom is 0.267 e. The lowest BCUT2D eigenvalue weighted by Gasteiger charge is -2.38. The van der Waals surface area contributed by atoms with E-state index in [1.165, 1.54) is 21.9 Å². The van der Waals surface area contributed by atoms with E-state index in [0.29, 0.717) is 13.1 Å². The van der Waals surface area contributed by atoms with Crippen molar-refractivity contribution in [3.63, 3.8) is 0 Å². The van der Waals surface area contributed by atoms with Gasteiger partial charge in [-0.2, -0.15) is 0 Å². The normalized spacial score (nSPS) is 20.6. The third kappa shape index (κ3) is 3.00. The number of anilines is 1. The van der Waals surface area contributed by atoms with Gasteiger partial charge < -0.3 is 4.90 Å². The fourth-order valence-corrected chi connectivity index (χ4v) is 3.88. The quantitative estimate of drug-likeness (QED) is 0.463. The average Bonchev–Trinajstić information content (AvgIpc) is 2.61. The highest BCUT2D eigenvalue weighted by Crippen LogP contribution is 2.32. The largest absolute Gasteiger partial charge is 0.344 e. The summed E-state index contributed by atoms with van der Waals surface area (Å²) in [6.45, 7) is 6.48. The van der Waals surface area contributed by atoms with Crippen LogP contribution in [0.2, 0.25) is 0 Å². The van der Waals surface area contributed by atoms with Crippen LogP contribution in [-0.4, -0.2) is 45.9 Å². The molecular weight excluding hydrogens is 353 g/mol. The number of hydrogen-bond donors (Lipinski definition) is 0. The number of aryl methyl sites for hydroxylation is 1. The van der Waals surface area contributed by atoms with Crippen LogP contribution in [0.1, 0.15) is 32.8 Å². The van der Waals surface area contributed by atoms with Crippen LogP contribution in [-0.2, 0) is 16.0 Å². The summed E-state index contributed by atoms with van der Waals surface area (Å²) in [5.74, 6) is -1.04. The van der Waals surface area contributed by atoms with Crippen molar-refractivity contribution in [1.82, 2.24) is 9.80 Å². The second kappa shape index (κ2) is 7.15. The van der Waals surface area contributed by atoms with Crippen LogP contribution < -0.4 is 4.90 Å². The molecule has 5 nitrogen and oxygen atoms in total. The van der Waals surface area contributed by atoms with Gasteiger partial charge in [-0.05, 0) is 69.6 Å². The van der Waals surface area contributed by atoms with Crippen molar-refractivity contribution in [3.05, 3.63) is 41.4 Å². The lowest BCUT2D eigenvalue weighted by atomic mass is 9.96. The van der Waals surface area contributed by atoms with E-state index in [1.54, 1.807) is 12.3 Å². The molecule has 2 aliphatic heterocycles. The van der Waals surface area contributed by atoms with Crippen molar-refractivity contribution in [2.75, 3.05) is 18.0 Å². The average molecular weight is 375 g/mol. The smallest absolute Gasteiger partial charge is 0.267 e. The fourth-order valence-electron chi connectivity index (χ4n) is 3.45. The van der Waals surface area contributed by atoms with E-state index >= 15 is 0 Å². The van der Waals surface area contributed by atoms with Crippen LogP contribution in [0, 0.1) is 5.82 Å². The highest BCUT2D eigenvalue weighted by molar-refractivity contribution is 7.80. The third-order valence-corrected chi connectivity index (χ3v) is 5.38. The van der Waals surface area contributed by atoms with Crippen molar-refractivity contribution >= 4 is 34.8 Å². The number of thiocarbonyl (C=S) groups is 1. The molecule has 2 aliphatic rings. The number of hydrogen-bond acceptors (Lipinski definition) is 4. The first-order chi connectivity index (χ1) is 12.4. The Morgan fingerprint density at radius 1 is 1.19 bits per heavy atom. The molecule has 1 saturated heterocycles. The Hall–Kier alpha value is -2.28. The molecule has 0 N–H and O–H groups in total. The molecular formula is C19H22FN3O2S. The molecule has 3 rings (SSSR count). The molecule has 0 bridgehead atoms. The van der Waals surface area contributed by atoms with Crippen LogP contribution in [0.5, 0.6) is 0 Å². The Morgan fingerprint density at radius 3 is 2.38 bits per heavy atom. The number of amides is 2. The van der Waals surface area contributed by atoms with Crippen LogP contribution >= 0.6 is 12.2 Å². The van der Waals surface area contributed by atoms with Crippen molar-refractivity contribution in [2.24, 2.45) is 0 Å². The molecule has 2 heterocycles. The van der Waals surface area contributed by atoms with Gasteiger partial charge in [0.2, 0.25) is 0 Å². The second-order valence-electron chi connectivity index (χ2n) is 6.49. The van der Waals surface area contributed by atoms with Gasteiger partial charge in [0, 0.05) is 31.0 Å². The van der Waals surface area contributed by atoms with Gasteiger partial charge >= 0.3 is 0 Å². The minimum Gasteiger partial charge on any atom is -0.344 e.